The lowest BCUT2D eigenvalue weighted by atomic mass is 10.1. The van der Waals surface area contributed by atoms with Gasteiger partial charge >= 0.3 is 0 Å². The van der Waals surface area contributed by atoms with Crippen LogP contribution < -0.4 is 14.4 Å². The Balaban J connectivity index is 1.37. The van der Waals surface area contributed by atoms with Crippen LogP contribution >= 0.6 is 0 Å². The van der Waals surface area contributed by atoms with Crippen molar-refractivity contribution >= 4 is 23.4 Å². The largest absolute Gasteiger partial charge is 0.497 e. The summed E-state index contributed by atoms with van der Waals surface area (Å²) in [5, 5.41) is 0. The van der Waals surface area contributed by atoms with Gasteiger partial charge in [0.1, 0.15) is 23.1 Å². The molecule has 2 aliphatic rings. The van der Waals surface area contributed by atoms with Gasteiger partial charge in [-0.3, -0.25) is 14.4 Å². The summed E-state index contributed by atoms with van der Waals surface area (Å²) in [6, 6.07) is 7.96. The van der Waals surface area contributed by atoms with Gasteiger partial charge in [0.05, 0.1) is 31.4 Å². The Morgan fingerprint density at radius 1 is 0.941 bits per heavy atom. The predicted molar refractivity (Wildman–Crippen MR) is 119 cm³/mol. The van der Waals surface area contributed by atoms with E-state index in [1.54, 1.807) is 28.0 Å². The SMILES string of the molecule is COc1ccc(C(=O)N2CCN(C(=O)C3CC(=O)N(c4ccc(F)cc4F)C3)CC2)c(OC)c1. The van der Waals surface area contributed by atoms with Crippen LogP contribution in [-0.4, -0.2) is 74.5 Å². The summed E-state index contributed by atoms with van der Waals surface area (Å²) < 4.78 is 37.8. The van der Waals surface area contributed by atoms with E-state index < -0.39 is 17.6 Å². The van der Waals surface area contributed by atoms with Crippen LogP contribution in [0.25, 0.3) is 0 Å². The maximum Gasteiger partial charge on any atom is 0.257 e. The predicted octanol–water partition coefficient (Wildman–Crippen LogP) is 2.32. The standard InChI is InChI=1S/C24H25F2N3O5/c1-33-17-4-5-18(21(13-17)34-2)24(32)28-9-7-27(8-10-28)23(31)15-11-22(30)29(14-15)20-6-3-16(25)12-19(20)26/h3-6,12-13,15H,7-11,14H2,1-2H3. The number of anilines is 1. The van der Waals surface area contributed by atoms with Gasteiger partial charge in [-0.1, -0.05) is 0 Å². The third-order valence-electron chi connectivity index (χ3n) is 6.19. The Hall–Kier alpha value is -3.69. The Labute approximate surface area is 195 Å². The number of carbonyl (C=O) groups excluding carboxylic acids is 3. The number of amides is 3. The molecular formula is C24H25F2N3O5. The van der Waals surface area contributed by atoms with E-state index in [9.17, 15) is 23.2 Å². The van der Waals surface area contributed by atoms with Crippen LogP contribution in [0.1, 0.15) is 16.8 Å². The van der Waals surface area contributed by atoms with Crippen molar-refractivity contribution in [2.45, 2.75) is 6.42 Å². The van der Waals surface area contributed by atoms with Crippen LogP contribution in [-0.2, 0) is 9.59 Å². The number of rotatable bonds is 5. The molecule has 2 aromatic carbocycles. The Morgan fingerprint density at radius 2 is 1.65 bits per heavy atom. The normalized spacial score (nSPS) is 18.3. The highest BCUT2D eigenvalue weighted by Crippen LogP contribution is 2.30. The fourth-order valence-corrected chi connectivity index (χ4v) is 4.34. The van der Waals surface area contributed by atoms with Crippen LogP contribution in [0.2, 0.25) is 0 Å². The topological polar surface area (TPSA) is 79.4 Å². The first-order valence-electron chi connectivity index (χ1n) is 10.9. The number of benzene rings is 2. The first-order chi connectivity index (χ1) is 16.3. The van der Waals surface area contributed by atoms with Crippen molar-refractivity contribution in [1.29, 1.82) is 0 Å². The van der Waals surface area contributed by atoms with Crippen molar-refractivity contribution in [1.82, 2.24) is 9.80 Å². The molecule has 8 nitrogen and oxygen atoms in total. The van der Waals surface area contributed by atoms with Gasteiger partial charge < -0.3 is 24.2 Å². The lowest BCUT2D eigenvalue weighted by molar-refractivity contribution is -0.137. The fraction of sp³-hybridized carbons (Fsp3) is 0.375. The molecule has 0 spiro atoms. The summed E-state index contributed by atoms with van der Waals surface area (Å²) in [6.45, 7) is 1.33. The van der Waals surface area contributed by atoms with Crippen LogP contribution in [0.5, 0.6) is 11.5 Å². The zero-order valence-corrected chi connectivity index (χ0v) is 18.9. The van der Waals surface area contributed by atoms with E-state index in [2.05, 4.69) is 0 Å². The molecule has 1 unspecified atom stereocenters. The summed E-state index contributed by atoms with van der Waals surface area (Å²) in [7, 11) is 3.01. The average Bonchev–Trinajstić information content (AvgIpc) is 3.24. The second kappa shape index (κ2) is 9.66. The molecule has 2 fully saturated rings. The second-order valence-electron chi connectivity index (χ2n) is 8.18. The molecule has 0 aromatic heterocycles. The lowest BCUT2D eigenvalue weighted by Gasteiger charge is -2.36. The van der Waals surface area contributed by atoms with Crippen LogP contribution in [0.4, 0.5) is 14.5 Å². The highest BCUT2D eigenvalue weighted by molar-refractivity contribution is 6.00. The molecule has 2 saturated heterocycles. The van der Waals surface area contributed by atoms with Gasteiger partial charge in [0.15, 0.2) is 0 Å². The van der Waals surface area contributed by atoms with E-state index in [4.69, 9.17) is 9.47 Å². The van der Waals surface area contributed by atoms with Crippen molar-refractivity contribution in [3.8, 4) is 11.5 Å². The van der Waals surface area contributed by atoms with E-state index in [-0.39, 0.29) is 36.4 Å². The van der Waals surface area contributed by atoms with Gasteiger partial charge in [0.25, 0.3) is 5.91 Å². The van der Waals surface area contributed by atoms with Crippen molar-refractivity contribution in [2.75, 3.05) is 51.8 Å². The number of carbonyl (C=O) groups is 3. The highest BCUT2D eigenvalue weighted by atomic mass is 19.1. The molecule has 34 heavy (non-hydrogen) atoms. The lowest BCUT2D eigenvalue weighted by Crippen LogP contribution is -2.52. The number of ether oxygens (including phenoxy) is 2. The molecule has 1 atom stereocenters. The smallest absolute Gasteiger partial charge is 0.257 e. The number of hydrogen-bond donors (Lipinski definition) is 0. The highest BCUT2D eigenvalue weighted by Gasteiger charge is 2.39. The van der Waals surface area contributed by atoms with Crippen LogP contribution in [0.15, 0.2) is 36.4 Å². The summed E-state index contributed by atoms with van der Waals surface area (Å²) in [5.41, 5.74) is 0.368. The van der Waals surface area contributed by atoms with Crippen molar-refractivity contribution in [3.05, 3.63) is 53.6 Å². The minimum Gasteiger partial charge on any atom is -0.497 e. The van der Waals surface area contributed by atoms with Gasteiger partial charge in [-0.05, 0) is 24.3 Å². The molecule has 2 aromatic rings. The molecule has 0 radical (unpaired) electrons. The Morgan fingerprint density at radius 3 is 2.29 bits per heavy atom. The zero-order chi connectivity index (χ0) is 24.4. The van der Waals surface area contributed by atoms with E-state index in [1.807, 2.05) is 0 Å². The van der Waals surface area contributed by atoms with Gasteiger partial charge in [-0.15, -0.1) is 0 Å². The third-order valence-corrected chi connectivity index (χ3v) is 6.19. The van der Waals surface area contributed by atoms with E-state index in [0.29, 0.717) is 49.3 Å². The molecule has 4 rings (SSSR count). The van der Waals surface area contributed by atoms with Crippen LogP contribution in [0, 0.1) is 17.6 Å². The first-order valence-corrected chi connectivity index (χ1v) is 10.9. The number of hydrogen-bond acceptors (Lipinski definition) is 5. The summed E-state index contributed by atoms with van der Waals surface area (Å²) in [4.78, 5) is 42.9. The third kappa shape index (κ3) is 4.52. The van der Waals surface area contributed by atoms with Crippen molar-refractivity contribution in [2.24, 2.45) is 5.92 Å². The monoisotopic (exact) mass is 473 g/mol. The number of halogens is 2. The Bertz CT molecular complexity index is 1120. The van der Waals surface area contributed by atoms with Crippen molar-refractivity contribution < 1.29 is 32.6 Å². The molecule has 180 valence electrons. The van der Waals surface area contributed by atoms with E-state index in [0.717, 1.165) is 6.07 Å². The van der Waals surface area contributed by atoms with Gasteiger partial charge in [0, 0.05) is 51.3 Å². The molecule has 0 aliphatic carbocycles. The van der Waals surface area contributed by atoms with Crippen molar-refractivity contribution in [3.63, 3.8) is 0 Å². The zero-order valence-electron chi connectivity index (χ0n) is 18.9. The van der Waals surface area contributed by atoms with E-state index in [1.165, 1.54) is 25.2 Å². The number of piperazine rings is 1. The van der Waals surface area contributed by atoms with Crippen LogP contribution in [0.3, 0.4) is 0 Å². The molecule has 0 N–H and O–H groups in total. The Kier molecular flexibility index (Phi) is 6.67. The number of nitrogens with zero attached hydrogens (tertiary/aromatic N) is 3. The molecule has 10 heteroatoms. The molecule has 2 aliphatic heterocycles. The first kappa shape index (κ1) is 23.5. The summed E-state index contributed by atoms with van der Waals surface area (Å²) in [5.74, 6) is -2.04. The molecule has 3 amide bonds. The molecule has 0 saturated carbocycles. The van der Waals surface area contributed by atoms with E-state index >= 15 is 0 Å². The maximum absolute atomic E-state index is 14.1. The molecule has 2 heterocycles. The van der Waals surface area contributed by atoms with Gasteiger partial charge in [-0.2, -0.15) is 0 Å². The van der Waals surface area contributed by atoms with Gasteiger partial charge in [0.2, 0.25) is 11.8 Å². The second-order valence-corrected chi connectivity index (χ2v) is 8.18. The minimum absolute atomic E-state index is 0.0302. The summed E-state index contributed by atoms with van der Waals surface area (Å²) >= 11 is 0. The molecular weight excluding hydrogens is 448 g/mol. The fourth-order valence-electron chi connectivity index (χ4n) is 4.34. The maximum atomic E-state index is 14.1. The average molecular weight is 473 g/mol. The minimum atomic E-state index is -0.845. The molecule has 0 bridgehead atoms. The summed E-state index contributed by atoms with van der Waals surface area (Å²) in [6.07, 6.45) is -0.0438. The number of methoxy groups -OCH3 is 2. The van der Waals surface area contributed by atoms with Gasteiger partial charge in [-0.25, -0.2) is 8.78 Å². The quantitative estimate of drug-likeness (QED) is 0.666.